The Morgan fingerprint density at radius 2 is 2.09 bits per heavy atom. The van der Waals surface area contributed by atoms with E-state index in [2.05, 4.69) is 15.8 Å². The molecule has 3 rings (SSSR count). The predicted octanol–water partition coefficient (Wildman–Crippen LogP) is 0.964. The molecule has 2 N–H and O–H groups in total. The number of oxime groups is 1. The minimum atomic E-state index is -0.661. The van der Waals surface area contributed by atoms with Gasteiger partial charge in [-0.25, -0.2) is 0 Å². The van der Waals surface area contributed by atoms with Crippen molar-refractivity contribution in [2.24, 2.45) is 5.16 Å². The summed E-state index contributed by atoms with van der Waals surface area (Å²) in [5.41, 5.74) is 1.70. The van der Waals surface area contributed by atoms with Crippen molar-refractivity contribution < 1.29 is 14.4 Å². The van der Waals surface area contributed by atoms with Gasteiger partial charge in [0.15, 0.2) is 0 Å². The lowest BCUT2D eigenvalue weighted by Crippen LogP contribution is -2.48. The van der Waals surface area contributed by atoms with Crippen molar-refractivity contribution in [2.75, 3.05) is 6.54 Å². The average Bonchev–Trinajstić information content (AvgIpc) is 2.96. The minimum absolute atomic E-state index is 0.118. The zero-order chi connectivity index (χ0) is 15.4. The van der Waals surface area contributed by atoms with E-state index in [1.165, 1.54) is 0 Å². The lowest BCUT2D eigenvalue weighted by atomic mass is 10.0. The van der Waals surface area contributed by atoms with E-state index in [4.69, 9.17) is 4.84 Å². The van der Waals surface area contributed by atoms with Crippen LogP contribution in [-0.2, 0) is 14.4 Å². The lowest BCUT2D eigenvalue weighted by Gasteiger charge is -2.17. The second kappa shape index (κ2) is 6.60. The van der Waals surface area contributed by atoms with E-state index in [1.807, 2.05) is 30.3 Å². The van der Waals surface area contributed by atoms with Gasteiger partial charge in [-0.05, 0) is 24.8 Å². The van der Waals surface area contributed by atoms with Gasteiger partial charge >= 0.3 is 0 Å². The number of benzene rings is 1. The molecular formula is C16H19N3O3. The molecule has 1 saturated heterocycles. The summed E-state index contributed by atoms with van der Waals surface area (Å²) >= 11 is 0. The number of carbonyl (C=O) groups excluding carboxylic acids is 2. The molecule has 6 nitrogen and oxygen atoms in total. The number of carbonyl (C=O) groups is 2. The first kappa shape index (κ1) is 14.6. The average molecular weight is 301 g/mol. The van der Waals surface area contributed by atoms with Crippen LogP contribution < -0.4 is 10.6 Å². The van der Waals surface area contributed by atoms with E-state index in [0.717, 1.165) is 24.1 Å². The van der Waals surface area contributed by atoms with Gasteiger partial charge in [-0.2, -0.15) is 0 Å². The molecule has 2 aliphatic rings. The van der Waals surface area contributed by atoms with Gasteiger partial charge in [0.25, 0.3) is 5.91 Å². The molecule has 0 aliphatic carbocycles. The SMILES string of the molecule is O=C1NCCCC[C@@H]1NC(=O)[C@H]1CC(c2ccccc2)=NO1. The Morgan fingerprint density at radius 3 is 2.91 bits per heavy atom. The van der Waals surface area contributed by atoms with Crippen molar-refractivity contribution in [3.63, 3.8) is 0 Å². The first-order valence-electron chi connectivity index (χ1n) is 7.60. The van der Waals surface area contributed by atoms with Crippen LogP contribution in [0.5, 0.6) is 0 Å². The van der Waals surface area contributed by atoms with Crippen LogP contribution in [0.2, 0.25) is 0 Å². The number of amides is 2. The standard InChI is InChI=1S/C16H19N3O3/c20-15-12(8-4-5-9-17-15)18-16(21)14-10-13(19-22-14)11-6-2-1-3-7-11/h1-3,6-7,12,14H,4-5,8-10H2,(H,17,20)(H,18,21)/t12-,14+/m0/s1. The molecule has 1 fully saturated rings. The molecule has 1 aromatic rings. The zero-order valence-corrected chi connectivity index (χ0v) is 12.2. The highest BCUT2D eigenvalue weighted by molar-refractivity contribution is 6.04. The molecule has 2 aliphatic heterocycles. The summed E-state index contributed by atoms with van der Waals surface area (Å²) < 4.78 is 0. The van der Waals surface area contributed by atoms with Crippen LogP contribution in [0, 0.1) is 0 Å². The highest BCUT2D eigenvalue weighted by Gasteiger charge is 2.32. The van der Waals surface area contributed by atoms with Gasteiger partial charge in [0.05, 0.1) is 5.71 Å². The fourth-order valence-electron chi connectivity index (χ4n) is 2.66. The summed E-state index contributed by atoms with van der Waals surface area (Å²) in [6.07, 6.45) is 2.28. The monoisotopic (exact) mass is 301 g/mol. The fraction of sp³-hybridized carbons (Fsp3) is 0.438. The molecule has 1 aromatic carbocycles. The van der Waals surface area contributed by atoms with Crippen molar-refractivity contribution >= 4 is 17.5 Å². The van der Waals surface area contributed by atoms with Crippen LogP contribution in [0.25, 0.3) is 0 Å². The van der Waals surface area contributed by atoms with Crippen LogP contribution in [-0.4, -0.2) is 36.2 Å². The number of nitrogens with one attached hydrogen (secondary N) is 2. The van der Waals surface area contributed by atoms with Crippen LogP contribution in [0.15, 0.2) is 35.5 Å². The molecular weight excluding hydrogens is 282 g/mol. The predicted molar refractivity (Wildman–Crippen MR) is 81.3 cm³/mol. The summed E-state index contributed by atoms with van der Waals surface area (Å²) in [4.78, 5) is 29.3. The third-order valence-corrected chi connectivity index (χ3v) is 3.92. The summed E-state index contributed by atoms with van der Waals surface area (Å²) in [6.45, 7) is 0.673. The number of hydrogen-bond donors (Lipinski definition) is 2. The third kappa shape index (κ3) is 3.27. The van der Waals surface area contributed by atoms with Crippen LogP contribution >= 0.6 is 0 Å². The quantitative estimate of drug-likeness (QED) is 0.873. The molecule has 6 heteroatoms. The van der Waals surface area contributed by atoms with Crippen molar-refractivity contribution in [1.82, 2.24) is 10.6 Å². The first-order valence-corrected chi connectivity index (χ1v) is 7.60. The topological polar surface area (TPSA) is 79.8 Å². The minimum Gasteiger partial charge on any atom is -0.382 e. The molecule has 116 valence electrons. The molecule has 0 spiro atoms. The maximum atomic E-state index is 12.3. The second-order valence-electron chi connectivity index (χ2n) is 5.55. The summed E-state index contributed by atoms with van der Waals surface area (Å²) in [7, 11) is 0. The highest BCUT2D eigenvalue weighted by Crippen LogP contribution is 2.17. The lowest BCUT2D eigenvalue weighted by molar-refractivity contribution is -0.135. The van der Waals surface area contributed by atoms with Gasteiger partial charge in [-0.1, -0.05) is 35.5 Å². The van der Waals surface area contributed by atoms with Crippen molar-refractivity contribution in [2.45, 2.75) is 37.8 Å². The van der Waals surface area contributed by atoms with Gasteiger partial charge < -0.3 is 15.5 Å². The molecule has 2 heterocycles. The van der Waals surface area contributed by atoms with Gasteiger partial charge in [0, 0.05) is 13.0 Å². The van der Waals surface area contributed by atoms with E-state index in [0.29, 0.717) is 19.4 Å². The van der Waals surface area contributed by atoms with E-state index in [-0.39, 0.29) is 11.8 Å². The molecule has 0 aromatic heterocycles. The summed E-state index contributed by atoms with van der Waals surface area (Å²) in [5, 5.41) is 9.57. The van der Waals surface area contributed by atoms with E-state index >= 15 is 0 Å². The molecule has 0 saturated carbocycles. The van der Waals surface area contributed by atoms with Gasteiger partial charge in [-0.15, -0.1) is 0 Å². The highest BCUT2D eigenvalue weighted by atomic mass is 16.6. The van der Waals surface area contributed by atoms with Crippen molar-refractivity contribution in [3.05, 3.63) is 35.9 Å². The van der Waals surface area contributed by atoms with E-state index in [9.17, 15) is 9.59 Å². The number of hydrogen-bond acceptors (Lipinski definition) is 4. The number of nitrogens with zero attached hydrogens (tertiary/aromatic N) is 1. The first-order chi connectivity index (χ1) is 10.7. The Bertz CT molecular complexity index is 586. The molecule has 0 bridgehead atoms. The van der Waals surface area contributed by atoms with Crippen LogP contribution in [0.3, 0.4) is 0 Å². The normalized spacial score (nSPS) is 24.7. The van der Waals surface area contributed by atoms with Crippen molar-refractivity contribution in [1.29, 1.82) is 0 Å². The number of rotatable bonds is 3. The van der Waals surface area contributed by atoms with E-state index in [1.54, 1.807) is 0 Å². The Kier molecular flexibility index (Phi) is 4.37. The molecule has 22 heavy (non-hydrogen) atoms. The maximum absolute atomic E-state index is 12.3. The fourth-order valence-corrected chi connectivity index (χ4v) is 2.66. The Labute approximate surface area is 128 Å². The van der Waals surface area contributed by atoms with Crippen molar-refractivity contribution in [3.8, 4) is 0 Å². The van der Waals surface area contributed by atoms with Gasteiger partial charge in [0.2, 0.25) is 12.0 Å². The van der Waals surface area contributed by atoms with Crippen LogP contribution in [0.1, 0.15) is 31.2 Å². The molecule has 2 amide bonds. The van der Waals surface area contributed by atoms with Crippen LogP contribution in [0.4, 0.5) is 0 Å². The van der Waals surface area contributed by atoms with Gasteiger partial charge in [0.1, 0.15) is 6.04 Å². The van der Waals surface area contributed by atoms with Gasteiger partial charge in [-0.3, -0.25) is 9.59 Å². The largest absolute Gasteiger partial charge is 0.382 e. The molecule has 2 atom stereocenters. The second-order valence-corrected chi connectivity index (χ2v) is 5.55. The third-order valence-electron chi connectivity index (χ3n) is 3.92. The summed E-state index contributed by atoms with van der Waals surface area (Å²) in [5.74, 6) is -0.398. The smallest absolute Gasteiger partial charge is 0.264 e. The Morgan fingerprint density at radius 1 is 1.27 bits per heavy atom. The molecule has 0 radical (unpaired) electrons. The maximum Gasteiger partial charge on any atom is 0.264 e. The van der Waals surface area contributed by atoms with E-state index < -0.39 is 12.1 Å². The Hall–Kier alpha value is -2.37. The summed E-state index contributed by atoms with van der Waals surface area (Å²) in [6, 6.07) is 9.15. The molecule has 0 unspecified atom stereocenters. The Balaban J connectivity index is 1.57. The zero-order valence-electron chi connectivity index (χ0n) is 12.2.